The third kappa shape index (κ3) is 3.52. The van der Waals surface area contributed by atoms with E-state index in [4.69, 9.17) is 5.73 Å². The molecule has 1 atom stereocenters. The van der Waals surface area contributed by atoms with Crippen molar-refractivity contribution in [2.24, 2.45) is 5.73 Å². The van der Waals surface area contributed by atoms with E-state index in [9.17, 15) is 4.79 Å². The average Bonchev–Trinajstić information content (AvgIpc) is 2.81. The number of aryl methyl sites for hydroxylation is 1. The highest BCUT2D eigenvalue weighted by Gasteiger charge is 2.08. The first kappa shape index (κ1) is 16.5. The number of carbonyl (C=O) groups excluding carboxylic acids is 1. The van der Waals surface area contributed by atoms with E-state index in [1.165, 1.54) is 22.0 Å². The van der Waals surface area contributed by atoms with Crippen LogP contribution in [0.4, 0.5) is 0 Å². The first-order chi connectivity index (χ1) is 9.13. The van der Waals surface area contributed by atoms with E-state index >= 15 is 0 Å². The molecule has 110 valence electrons. The number of carbonyl (C=O) groups is 1. The highest BCUT2D eigenvalue weighted by molar-refractivity contribution is 5.86. The summed E-state index contributed by atoms with van der Waals surface area (Å²) in [6.45, 7) is 4.45. The van der Waals surface area contributed by atoms with Gasteiger partial charge in [-0.05, 0) is 30.9 Å². The first-order valence-electron chi connectivity index (χ1n) is 6.74. The van der Waals surface area contributed by atoms with Crippen LogP contribution in [-0.2, 0) is 17.6 Å². The summed E-state index contributed by atoms with van der Waals surface area (Å²) in [5.74, 6) is -0.103. The van der Waals surface area contributed by atoms with Gasteiger partial charge < -0.3 is 16.0 Å². The van der Waals surface area contributed by atoms with Crippen LogP contribution in [0.5, 0.6) is 0 Å². The van der Waals surface area contributed by atoms with Crippen LogP contribution < -0.4 is 11.1 Å². The van der Waals surface area contributed by atoms with Crippen molar-refractivity contribution in [3.8, 4) is 0 Å². The molecule has 0 saturated heterocycles. The zero-order chi connectivity index (χ0) is 13.8. The van der Waals surface area contributed by atoms with Gasteiger partial charge in [0, 0.05) is 23.6 Å². The second-order valence-corrected chi connectivity index (χ2v) is 4.84. The second kappa shape index (κ2) is 7.31. The van der Waals surface area contributed by atoms with Crippen molar-refractivity contribution in [1.82, 2.24) is 10.3 Å². The first-order valence-corrected chi connectivity index (χ1v) is 6.74. The molecule has 2 aromatic rings. The van der Waals surface area contributed by atoms with Crippen LogP contribution in [0.15, 0.2) is 24.4 Å². The zero-order valence-corrected chi connectivity index (χ0v) is 12.7. The Hall–Kier alpha value is -1.52. The van der Waals surface area contributed by atoms with Gasteiger partial charge in [0.05, 0.1) is 6.04 Å². The molecule has 20 heavy (non-hydrogen) atoms. The largest absolute Gasteiger partial charge is 0.361 e. The molecule has 0 unspecified atom stereocenters. The Balaban J connectivity index is 0.00000200. The summed E-state index contributed by atoms with van der Waals surface area (Å²) in [7, 11) is 0. The topological polar surface area (TPSA) is 70.9 Å². The van der Waals surface area contributed by atoms with Crippen molar-refractivity contribution in [3.05, 3.63) is 35.5 Å². The number of rotatable bonds is 5. The number of hydrogen-bond donors (Lipinski definition) is 3. The van der Waals surface area contributed by atoms with E-state index in [0.717, 1.165) is 12.8 Å². The van der Waals surface area contributed by atoms with Gasteiger partial charge in [0.25, 0.3) is 0 Å². The molecule has 0 spiro atoms. The Morgan fingerprint density at radius 3 is 2.80 bits per heavy atom. The van der Waals surface area contributed by atoms with Gasteiger partial charge >= 0.3 is 0 Å². The molecule has 1 heterocycles. The molecule has 0 fully saturated rings. The van der Waals surface area contributed by atoms with Gasteiger partial charge in [-0.3, -0.25) is 4.79 Å². The average molecular weight is 296 g/mol. The van der Waals surface area contributed by atoms with E-state index in [-0.39, 0.29) is 18.3 Å². The van der Waals surface area contributed by atoms with E-state index < -0.39 is 6.04 Å². The Bertz CT molecular complexity index is 578. The number of hydrogen-bond acceptors (Lipinski definition) is 2. The molecule has 0 bridgehead atoms. The van der Waals surface area contributed by atoms with Crippen LogP contribution in [0.1, 0.15) is 25.0 Å². The molecule has 0 aliphatic carbocycles. The second-order valence-electron chi connectivity index (χ2n) is 4.84. The lowest BCUT2D eigenvalue weighted by Crippen LogP contribution is -2.39. The Morgan fingerprint density at radius 2 is 2.15 bits per heavy atom. The van der Waals surface area contributed by atoms with Crippen LogP contribution in [0.25, 0.3) is 10.9 Å². The third-order valence-electron chi connectivity index (χ3n) is 3.38. The molecule has 0 aliphatic heterocycles. The molecule has 2 rings (SSSR count). The normalized spacial score (nSPS) is 11.9. The number of amides is 1. The summed E-state index contributed by atoms with van der Waals surface area (Å²) in [5, 5.41) is 4.08. The number of benzene rings is 1. The molecular formula is C15H22ClN3O. The van der Waals surface area contributed by atoms with E-state index in [1.54, 1.807) is 6.92 Å². The molecule has 0 radical (unpaired) electrons. The maximum absolute atomic E-state index is 11.4. The minimum Gasteiger partial charge on any atom is -0.361 e. The summed E-state index contributed by atoms with van der Waals surface area (Å²) in [4.78, 5) is 14.7. The minimum atomic E-state index is -0.449. The molecule has 4 nitrogen and oxygen atoms in total. The van der Waals surface area contributed by atoms with Crippen LogP contribution >= 0.6 is 12.4 Å². The van der Waals surface area contributed by atoms with Crippen molar-refractivity contribution in [3.63, 3.8) is 0 Å². The van der Waals surface area contributed by atoms with Gasteiger partial charge in [-0.1, -0.05) is 25.1 Å². The van der Waals surface area contributed by atoms with Crippen LogP contribution in [0.2, 0.25) is 0 Å². The fourth-order valence-electron chi connectivity index (χ4n) is 2.26. The van der Waals surface area contributed by atoms with Crippen molar-refractivity contribution in [2.45, 2.75) is 32.7 Å². The quantitative estimate of drug-likeness (QED) is 0.791. The Morgan fingerprint density at radius 1 is 1.40 bits per heavy atom. The van der Waals surface area contributed by atoms with Gasteiger partial charge in [-0.25, -0.2) is 0 Å². The molecule has 0 saturated carbocycles. The summed E-state index contributed by atoms with van der Waals surface area (Å²) in [5.41, 5.74) is 9.27. The molecule has 1 amide bonds. The van der Waals surface area contributed by atoms with E-state index in [2.05, 4.69) is 35.4 Å². The number of aromatic amines is 1. The summed E-state index contributed by atoms with van der Waals surface area (Å²) in [6, 6.07) is 5.89. The molecule has 1 aromatic heterocycles. The zero-order valence-electron chi connectivity index (χ0n) is 11.9. The predicted molar refractivity (Wildman–Crippen MR) is 85.3 cm³/mol. The molecule has 1 aromatic carbocycles. The van der Waals surface area contributed by atoms with Gasteiger partial charge in [0.2, 0.25) is 5.91 Å². The molecule has 0 aliphatic rings. The van der Waals surface area contributed by atoms with Crippen molar-refractivity contribution in [1.29, 1.82) is 0 Å². The highest BCUT2D eigenvalue weighted by atomic mass is 35.5. The highest BCUT2D eigenvalue weighted by Crippen LogP contribution is 2.22. The van der Waals surface area contributed by atoms with Gasteiger partial charge in [-0.15, -0.1) is 12.4 Å². The molecular weight excluding hydrogens is 274 g/mol. The molecule has 4 N–H and O–H groups in total. The number of fused-ring (bicyclic) bond motifs is 1. The lowest BCUT2D eigenvalue weighted by atomic mass is 10.1. The van der Waals surface area contributed by atoms with E-state index in [1.807, 2.05) is 6.20 Å². The Kier molecular flexibility index (Phi) is 6.05. The number of nitrogens with one attached hydrogen (secondary N) is 2. The van der Waals surface area contributed by atoms with Gasteiger partial charge in [0.1, 0.15) is 0 Å². The fourth-order valence-corrected chi connectivity index (χ4v) is 2.26. The third-order valence-corrected chi connectivity index (χ3v) is 3.38. The lowest BCUT2D eigenvalue weighted by Gasteiger charge is -2.07. The fraction of sp³-hybridized carbons (Fsp3) is 0.400. The number of H-pyrrole nitrogens is 1. The number of nitrogens with two attached hydrogens (primary N) is 1. The number of para-hydroxylation sites is 1. The monoisotopic (exact) mass is 295 g/mol. The van der Waals surface area contributed by atoms with Crippen LogP contribution in [-0.4, -0.2) is 23.5 Å². The standard InChI is InChI=1S/C15H21N3O.ClH/c1-3-11-5-4-6-13-12(9-18-14(11)13)7-8-17-15(19)10(2)16;/h4-6,9-10,18H,3,7-8,16H2,1-2H3,(H,17,19);1H/t10-;/m0./s1. The predicted octanol–water partition coefficient (Wildman–Crippen LogP) is 2.16. The minimum absolute atomic E-state index is 0. The van der Waals surface area contributed by atoms with E-state index in [0.29, 0.717) is 6.54 Å². The van der Waals surface area contributed by atoms with Gasteiger partial charge in [-0.2, -0.15) is 0 Å². The smallest absolute Gasteiger partial charge is 0.236 e. The Labute approximate surface area is 125 Å². The van der Waals surface area contributed by atoms with Crippen molar-refractivity contribution >= 4 is 29.2 Å². The number of aromatic nitrogens is 1. The molecule has 5 heteroatoms. The maximum Gasteiger partial charge on any atom is 0.236 e. The van der Waals surface area contributed by atoms with Crippen molar-refractivity contribution < 1.29 is 4.79 Å². The maximum atomic E-state index is 11.4. The van der Waals surface area contributed by atoms with Crippen LogP contribution in [0, 0.1) is 0 Å². The number of halogens is 1. The summed E-state index contributed by atoms with van der Waals surface area (Å²) >= 11 is 0. The van der Waals surface area contributed by atoms with Crippen molar-refractivity contribution in [2.75, 3.05) is 6.54 Å². The SMILES string of the molecule is CCc1cccc2c(CCNC(=O)[C@H](C)N)c[nH]c12.Cl. The van der Waals surface area contributed by atoms with Gasteiger partial charge in [0.15, 0.2) is 0 Å². The summed E-state index contributed by atoms with van der Waals surface area (Å²) in [6.07, 6.45) is 3.85. The van der Waals surface area contributed by atoms with Crippen LogP contribution in [0.3, 0.4) is 0 Å². The lowest BCUT2D eigenvalue weighted by molar-refractivity contribution is -0.121. The summed E-state index contributed by atoms with van der Waals surface area (Å²) < 4.78 is 0.